The molecule has 0 aliphatic rings. The Labute approximate surface area is 164 Å². The first-order valence-electron chi connectivity index (χ1n) is 11.9. The molecular formula is C24H48O2. The number of hydrogen-bond acceptors (Lipinski definition) is 2. The lowest BCUT2D eigenvalue weighted by atomic mass is 9.98. The second-order valence-corrected chi connectivity index (χ2v) is 8.09. The third-order valence-electron chi connectivity index (χ3n) is 5.51. The Morgan fingerprint density at radius 2 is 1.12 bits per heavy atom. The van der Waals surface area contributed by atoms with Gasteiger partial charge in [0.1, 0.15) is 0 Å². The van der Waals surface area contributed by atoms with Crippen molar-refractivity contribution in [2.24, 2.45) is 5.92 Å². The zero-order valence-corrected chi connectivity index (χ0v) is 18.3. The van der Waals surface area contributed by atoms with Gasteiger partial charge in [-0.1, -0.05) is 117 Å². The molecule has 0 rings (SSSR count). The van der Waals surface area contributed by atoms with E-state index >= 15 is 0 Å². The first-order valence-corrected chi connectivity index (χ1v) is 11.9. The van der Waals surface area contributed by atoms with Crippen LogP contribution in [0.15, 0.2) is 0 Å². The highest BCUT2D eigenvalue weighted by atomic mass is 16.5. The summed E-state index contributed by atoms with van der Waals surface area (Å²) in [5.74, 6) is 0.569. The Morgan fingerprint density at radius 1 is 0.654 bits per heavy atom. The average molecular weight is 369 g/mol. The first kappa shape index (κ1) is 25.5. The Balaban J connectivity index is 3.39. The third kappa shape index (κ3) is 18.3. The minimum atomic E-state index is 0.00611. The molecule has 1 unspecified atom stereocenters. The van der Waals surface area contributed by atoms with Crippen LogP contribution >= 0.6 is 0 Å². The molecule has 0 aromatic heterocycles. The molecule has 0 saturated heterocycles. The van der Waals surface area contributed by atoms with Crippen LogP contribution in [0.1, 0.15) is 136 Å². The van der Waals surface area contributed by atoms with Crippen LogP contribution in [0.5, 0.6) is 0 Å². The van der Waals surface area contributed by atoms with Gasteiger partial charge >= 0.3 is 5.97 Å². The highest BCUT2D eigenvalue weighted by Gasteiger charge is 2.10. The second-order valence-electron chi connectivity index (χ2n) is 8.09. The Bertz CT molecular complexity index is 288. The zero-order valence-electron chi connectivity index (χ0n) is 18.3. The molecule has 156 valence electrons. The lowest BCUT2D eigenvalue weighted by Gasteiger charge is -2.15. The SMILES string of the molecule is CCCCCCCCCCCCCCC(CC)COC(=O)CCCCC. The van der Waals surface area contributed by atoms with E-state index in [1.165, 1.54) is 83.5 Å². The predicted octanol–water partition coefficient (Wildman–Crippen LogP) is 8.23. The van der Waals surface area contributed by atoms with E-state index in [9.17, 15) is 4.79 Å². The Kier molecular flexibility index (Phi) is 20.4. The van der Waals surface area contributed by atoms with Crippen molar-refractivity contribution >= 4 is 5.97 Å². The highest BCUT2D eigenvalue weighted by Crippen LogP contribution is 2.17. The van der Waals surface area contributed by atoms with E-state index in [2.05, 4.69) is 20.8 Å². The van der Waals surface area contributed by atoms with Gasteiger partial charge < -0.3 is 4.74 Å². The molecule has 0 aromatic rings. The molecule has 26 heavy (non-hydrogen) atoms. The van der Waals surface area contributed by atoms with Crippen molar-refractivity contribution in [1.82, 2.24) is 0 Å². The fourth-order valence-corrected chi connectivity index (χ4v) is 3.48. The van der Waals surface area contributed by atoms with Gasteiger partial charge in [0.05, 0.1) is 6.61 Å². The van der Waals surface area contributed by atoms with Crippen LogP contribution in [0.3, 0.4) is 0 Å². The van der Waals surface area contributed by atoms with Gasteiger partial charge in [-0.3, -0.25) is 4.79 Å². The summed E-state index contributed by atoms with van der Waals surface area (Å²) in [5, 5.41) is 0. The molecule has 0 fully saturated rings. The number of carbonyl (C=O) groups excluding carboxylic acids is 1. The van der Waals surface area contributed by atoms with Crippen LogP contribution in [0, 0.1) is 5.92 Å². The summed E-state index contributed by atoms with van der Waals surface area (Å²) < 4.78 is 5.46. The minimum Gasteiger partial charge on any atom is -0.465 e. The molecule has 0 aliphatic carbocycles. The van der Waals surface area contributed by atoms with Gasteiger partial charge in [-0.15, -0.1) is 0 Å². The third-order valence-corrected chi connectivity index (χ3v) is 5.51. The summed E-state index contributed by atoms with van der Waals surface area (Å²) in [6, 6.07) is 0. The maximum atomic E-state index is 11.7. The van der Waals surface area contributed by atoms with Crippen LogP contribution in [-0.2, 0) is 9.53 Å². The van der Waals surface area contributed by atoms with Crippen molar-refractivity contribution in [1.29, 1.82) is 0 Å². The van der Waals surface area contributed by atoms with Crippen LogP contribution in [0.2, 0.25) is 0 Å². The molecule has 0 bridgehead atoms. The van der Waals surface area contributed by atoms with E-state index in [4.69, 9.17) is 4.74 Å². The molecular weight excluding hydrogens is 320 g/mol. The second kappa shape index (κ2) is 20.8. The number of rotatable bonds is 20. The van der Waals surface area contributed by atoms with Crippen LogP contribution < -0.4 is 0 Å². The topological polar surface area (TPSA) is 26.3 Å². The van der Waals surface area contributed by atoms with E-state index in [0.29, 0.717) is 18.9 Å². The van der Waals surface area contributed by atoms with Crippen LogP contribution in [0.25, 0.3) is 0 Å². The van der Waals surface area contributed by atoms with Crippen molar-refractivity contribution in [3.8, 4) is 0 Å². The molecule has 0 N–H and O–H groups in total. The van der Waals surface area contributed by atoms with E-state index in [1.54, 1.807) is 0 Å². The van der Waals surface area contributed by atoms with Crippen molar-refractivity contribution in [3.63, 3.8) is 0 Å². The lowest BCUT2D eigenvalue weighted by Crippen LogP contribution is -2.13. The quantitative estimate of drug-likeness (QED) is 0.160. The van der Waals surface area contributed by atoms with Crippen molar-refractivity contribution < 1.29 is 9.53 Å². The summed E-state index contributed by atoms with van der Waals surface area (Å²) in [6.07, 6.45) is 23.0. The van der Waals surface area contributed by atoms with Crippen molar-refractivity contribution in [2.45, 2.75) is 136 Å². The van der Waals surface area contributed by atoms with Crippen LogP contribution in [-0.4, -0.2) is 12.6 Å². The van der Waals surface area contributed by atoms with Gasteiger partial charge in [0, 0.05) is 6.42 Å². The number of esters is 1. The van der Waals surface area contributed by atoms with Gasteiger partial charge in [-0.2, -0.15) is 0 Å². The predicted molar refractivity (Wildman–Crippen MR) is 115 cm³/mol. The number of hydrogen-bond donors (Lipinski definition) is 0. The Morgan fingerprint density at radius 3 is 1.62 bits per heavy atom. The number of unbranched alkanes of at least 4 members (excludes halogenated alkanes) is 13. The zero-order chi connectivity index (χ0) is 19.3. The van der Waals surface area contributed by atoms with Gasteiger partial charge in [0.15, 0.2) is 0 Å². The standard InChI is InChI=1S/C24H48O2/c1-4-7-9-10-11-12-13-14-15-16-17-19-20-23(6-3)22-26-24(25)21-18-8-5-2/h23H,4-22H2,1-3H3. The summed E-state index contributed by atoms with van der Waals surface area (Å²) in [5.41, 5.74) is 0. The normalized spacial score (nSPS) is 12.3. The molecule has 2 nitrogen and oxygen atoms in total. The monoisotopic (exact) mass is 368 g/mol. The van der Waals surface area contributed by atoms with E-state index < -0.39 is 0 Å². The Hall–Kier alpha value is -0.530. The van der Waals surface area contributed by atoms with E-state index in [1.807, 2.05) is 0 Å². The molecule has 0 saturated carbocycles. The molecule has 1 atom stereocenters. The first-order chi connectivity index (χ1) is 12.7. The molecule has 0 heterocycles. The number of ether oxygens (including phenoxy) is 1. The van der Waals surface area contributed by atoms with E-state index in [-0.39, 0.29) is 5.97 Å². The number of carbonyl (C=O) groups is 1. The van der Waals surface area contributed by atoms with Gasteiger partial charge in [0.2, 0.25) is 0 Å². The molecule has 0 aromatic carbocycles. The van der Waals surface area contributed by atoms with Crippen LogP contribution in [0.4, 0.5) is 0 Å². The fourth-order valence-electron chi connectivity index (χ4n) is 3.48. The summed E-state index contributed by atoms with van der Waals surface area (Å²) >= 11 is 0. The fraction of sp³-hybridized carbons (Fsp3) is 0.958. The largest absolute Gasteiger partial charge is 0.465 e. The lowest BCUT2D eigenvalue weighted by molar-refractivity contribution is -0.145. The van der Waals surface area contributed by atoms with Crippen molar-refractivity contribution in [3.05, 3.63) is 0 Å². The maximum absolute atomic E-state index is 11.7. The average Bonchev–Trinajstić information content (AvgIpc) is 2.65. The highest BCUT2D eigenvalue weighted by molar-refractivity contribution is 5.69. The van der Waals surface area contributed by atoms with Gasteiger partial charge in [-0.25, -0.2) is 0 Å². The molecule has 0 radical (unpaired) electrons. The molecule has 0 spiro atoms. The molecule has 2 heteroatoms. The molecule has 0 aliphatic heterocycles. The minimum absolute atomic E-state index is 0.00611. The summed E-state index contributed by atoms with van der Waals surface area (Å²) in [7, 11) is 0. The summed E-state index contributed by atoms with van der Waals surface area (Å²) in [6.45, 7) is 7.30. The van der Waals surface area contributed by atoms with Gasteiger partial charge in [0.25, 0.3) is 0 Å². The maximum Gasteiger partial charge on any atom is 0.305 e. The van der Waals surface area contributed by atoms with Gasteiger partial charge in [-0.05, 0) is 18.8 Å². The summed E-state index contributed by atoms with van der Waals surface area (Å²) in [4.78, 5) is 11.7. The van der Waals surface area contributed by atoms with E-state index in [0.717, 1.165) is 25.7 Å². The van der Waals surface area contributed by atoms with Crippen molar-refractivity contribution in [2.75, 3.05) is 6.61 Å². The smallest absolute Gasteiger partial charge is 0.305 e. The molecule has 0 amide bonds.